The number of rotatable bonds is 56. The fourth-order valence-electron chi connectivity index (χ4n) is 9.46. The highest BCUT2D eigenvalue weighted by Gasteiger charge is 2.20. The predicted molar refractivity (Wildman–Crippen MR) is 287 cm³/mol. The Morgan fingerprint density at radius 3 is 1.09 bits per heavy atom. The summed E-state index contributed by atoms with van der Waals surface area (Å²) in [5.41, 5.74) is 0. The Balaban J connectivity index is 3.35. The van der Waals surface area contributed by atoms with Gasteiger partial charge in [0.05, 0.1) is 25.4 Å². The van der Waals surface area contributed by atoms with Crippen LogP contribution >= 0.6 is 0 Å². The summed E-state index contributed by atoms with van der Waals surface area (Å²) in [5, 5.41) is 23.2. The zero-order chi connectivity index (χ0) is 47.9. The minimum atomic E-state index is -0.661. The van der Waals surface area contributed by atoms with Gasteiger partial charge in [0.15, 0.2) is 0 Å². The fourth-order valence-corrected chi connectivity index (χ4v) is 9.46. The molecule has 0 aromatic rings. The van der Waals surface area contributed by atoms with Gasteiger partial charge in [0, 0.05) is 12.8 Å². The van der Waals surface area contributed by atoms with E-state index < -0.39 is 12.1 Å². The summed E-state index contributed by atoms with van der Waals surface area (Å²) in [5.74, 6) is -0.0264. The molecule has 2 atom stereocenters. The van der Waals surface area contributed by atoms with Gasteiger partial charge in [-0.2, -0.15) is 0 Å². The van der Waals surface area contributed by atoms with Crippen LogP contribution in [0.25, 0.3) is 0 Å². The van der Waals surface area contributed by atoms with Crippen LogP contribution in [0.3, 0.4) is 0 Å². The van der Waals surface area contributed by atoms with Crippen molar-refractivity contribution in [3.8, 4) is 0 Å². The van der Waals surface area contributed by atoms with Crippen LogP contribution in [0.1, 0.15) is 335 Å². The maximum absolute atomic E-state index is 12.5. The normalized spacial score (nSPS) is 12.6. The predicted octanol–water partition coefficient (Wildman–Crippen LogP) is 18.5. The zero-order valence-corrected chi connectivity index (χ0v) is 44.7. The highest BCUT2D eigenvalue weighted by Crippen LogP contribution is 2.18. The third-order valence-electron chi connectivity index (χ3n) is 14.1. The quantitative estimate of drug-likeness (QED) is 0.0321. The van der Waals surface area contributed by atoms with Crippen LogP contribution in [0.15, 0.2) is 12.2 Å². The van der Waals surface area contributed by atoms with Gasteiger partial charge >= 0.3 is 5.97 Å². The van der Waals surface area contributed by atoms with Crippen LogP contribution in [0.4, 0.5) is 0 Å². The standard InChI is InChI=1S/C60H117NO5/c1-3-5-7-9-11-13-15-29-34-38-42-46-50-54-60(65)66-55-51-47-43-39-35-31-28-26-24-22-20-18-17-19-21-23-25-27-30-33-37-41-45-49-53-59(64)61-57(56-62)58(63)52-48-44-40-36-32-16-14-12-10-8-6-4-2/h13,15,57-58,62-63H,3-12,14,16-56H2,1-2H3,(H,61,64)/b15-13-. The van der Waals surface area contributed by atoms with Crippen LogP contribution in [0.5, 0.6) is 0 Å². The monoisotopic (exact) mass is 932 g/mol. The van der Waals surface area contributed by atoms with E-state index in [4.69, 9.17) is 4.74 Å². The van der Waals surface area contributed by atoms with Crippen molar-refractivity contribution in [1.29, 1.82) is 0 Å². The first-order valence-electron chi connectivity index (χ1n) is 29.9. The van der Waals surface area contributed by atoms with E-state index in [0.717, 1.165) is 44.9 Å². The molecule has 0 aliphatic carbocycles. The minimum absolute atomic E-state index is 0.00657. The number of aliphatic hydroxyl groups excluding tert-OH is 2. The van der Waals surface area contributed by atoms with E-state index in [9.17, 15) is 19.8 Å². The number of amides is 1. The largest absolute Gasteiger partial charge is 0.466 e. The number of carbonyl (C=O) groups is 2. The molecule has 392 valence electrons. The lowest BCUT2D eigenvalue weighted by Gasteiger charge is -2.22. The van der Waals surface area contributed by atoms with E-state index in [1.807, 2.05) is 0 Å². The number of hydrogen-bond acceptors (Lipinski definition) is 5. The number of allylic oxidation sites excluding steroid dienone is 2. The van der Waals surface area contributed by atoms with Gasteiger partial charge in [-0.1, -0.05) is 283 Å². The summed E-state index contributed by atoms with van der Waals surface area (Å²) in [7, 11) is 0. The third-order valence-corrected chi connectivity index (χ3v) is 14.1. The smallest absolute Gasteiger partial charge is 0.305 e. The number of hydrogen-bond donors (Lipinski definition) is 3. The first-order valence-corrected chi connectivity index (χ1v) is 29.9. The second kappa shape index (κ2) is 56.2. The average molecular weight is 933 g/mol. The van der Waals surface area contributed by atoms with E-state index >= 15 is 0 Å². The van der Waals surface area contributed by atoms with Crippen molar-refractivity contribution in [2.75, 3.05) is 13.2 Å². The molecular weight excluding hydrogens is 815 g/mol. The van der Waals surface area contributed by atoms with Crippen LogP contribution in [-0.2, 0) is 14.3 Å². The van der Waals surface area contributed by atoms with Gasteiger partial charge in [-0.25, -0.2) is 0 Å². The van der Waals surface area contributed by atoms with E-state index in [0.29, 0.717) is 25.9 Å². The van der Waals surface area contributed by atoms with Gasteiger partial charge in [-0.05, 0) is 51.4 Å². The van der Waals surface area contributed by atoms with Gasteiger partial charge in [0.1, 0.15) is 0 Å². The number of ether oxygens (including phenoxy) is 1. The molecule has 6 nitrogen and oxygen atoms in total. The summed E-state index contributed by atoms with van der Waals surface area (Å²) in [6.45, 7) is 4.95. The highest BCUT2D eigenvalue weighted by atomic mass is 16.5. The molecule has 0 aromatic carbocycles. The first kappa shape index (κ1) is 64.6. The van der Waals surface area contributed by atoms with Crippen molar-refractivity contribution >= 4 is 11.9 Å². The Hall–Kier alpha value is -1.40. The molecule has 66 heavy (non-hydrogen) atoms. The summed E-state index contributed by atoms with van der Waals surface area (Å²) in [6, 6.07) is -0.538. The number of nitrogens with one attached hydrogen (secondary N) is 1. The molecular formula is C60H117NO5. The number of esters is 1. The fraction of sp³-hybridized carbons (Fsp3) is 0.933. The van der Waals surface area contributed by atoms with E-state index in [1.165, 1.54) is 257 Å². The Bertz CT molecular complexity index is 986. The van der Waals surface area contributed by atoms with Crippen molar-refractivity contribution in [1.82, 2.24) is 5.32 Å². The summed E-state index contributed by atoms with van der Waals surface area (Å²) >= 11 is 0. The third kappa shape index (κ3) is 52.0. The van der Waals surface area contributed by atoms with E-state index in [2.05, 4.69) is 31.3 Å². The van der Waals surface area contributed by atoms with Crippen molar-refractivity contribution in [2.24, 2.45) is 0 Å². The van der Waals surface area contributed by atoms with Gasteiger partial charge in [0.2, 0.25) is 5.91 Å². The summed E-state index contributed by atoms with van der Waals surface area (Å²) < 4.78 is 5.47. The Labute approximate surface area is 412 Å². The molecule has 0 aromatic heterocycles. The lowest BCUT2D eigenvalue weighted by Crippen LogP contribution is -2.45. The molecule has 0 fully saturated rings. The highest BCUT2D eigenvalue weighted by molar-refractivity contribution is 5.76. The van der Waals surface area contributed by atoms with Gasteiger partial charge in [-0.3, -0.25) is 9.59 Å². The van der Waals surface area contributed by atoms with Gasteiger partial charge in [-0.15, -0.1) is 0 Å². The van der Waals surface area contributed by atoms with E-state index in [-0.39, 0.29) is 18.5 Å². The van der Waals surface area contributed by atoms with Crippen molar-refractivity contribution < 1.29 is 24.5 Å². The molecule has 0 saturated carbocycles. The number of unbranched alkanes of at least 4 members (excludes halogenated alkanes) is 43. The minimum Gasteiger partial charge on any atom is -0.466 e. The Morgan fingerprint density at radius 1 is 0.409 bits per heavy atom. The van der Waals surface area contributed by atoms with Gasteiger partial charge in [0.25, 0.3) is 0 Å². The molecule has 0 aliphatic rings. The molecule has 6 heteroatoms. The van der Waals surface area contributed by atoms with Crippen molar-refractivity contribution in [3.63, 3.8) is 0 Å². The molecule has 1 amide bonds. The first-order chi connectivity index (χ1) is 32.5. The molecule has 0 bridgehead atoms. The second-order valence-corrected chi connectivity index (χ2v) is 20.7. The maximum Gasteiger partial charge on any atom is 0.305 e. The lowest BCUT2D eigenvalue weighted by molar-refractivity contribution is -0.143. The molecule has 0 heterocycles. The molecule has 0 spiro atoms. The van der Waals surface area contributed by atoms with Crippen molar-refractivity contribution in [3.05, 3.63) is 12.2 Å². The van der Waals surface area contributed by atoms with Crippen LogP contribution < -0.4 is 5.32 Å². The lowest BCUT2D eigenvalue weighted by atomic mass is 10.0. The maximum atomic E-state index is 12.5. The molecule has 0 radical (unpaired) electrons. The van der Waals surface area contributed by atoms with Crippen LogP contribution in [0, 0.1) is 0 Å². The zero-order valence-electron chi connectivity index (χ0n) is 44.7. The molecule has 0 rings (SSSR count). The molecule has 3 N–H and O–H groups in total. The van der Waals surface area contributed by atoms with E-state index in [1.54, 1.807) is 0 Å². The van der Waals surface area contributed by atoms with Crippen LogP contribution in [0.2, 0.25) is 0 Å². The average Bonchev–Trinajstić information content (AvgIpc) is 3.32. The summed E-state index contributed by atoms with van der Waals surface area (Å²) in [6.07, 6.45) is 66.5. The summed E-state index contributed by atoms with van der Waals surface area (Å²) in [4.78, 5) is 24.5. The second-order valence-electron chi connectivity index (χ2n) is 20.7. The molecule has 0 saturated heterocycles. The number of carbonyl (C=O) groups excluding carboxylic acids is 2. The Morgan fingerprint density at radius 2 is 0.712 bits per heavy atom. The molecule has 0 aliphatic heterocycles. The van der Waals surface area contributed by atoms with Crippen molar-refractivity contribution in [2.45, 2.75) is 347 Å². The van der Waals surface area contributed by atoms with Crippen LogP contribution in [-0.4, -0.2) is 47.4 Å². The van der Waals surface area contributed by atoms with Gasteiger partial charge < -0.3 is 20.3 Å². The topological polar surface area (TPSA) is 95.9 Å². The molecule has 2 unspecified atom stereocenters. The number of aliphatic hydroxyl groups is 2. The Kier molecular flexibility index (Phi) is 55.0. The SMILES string of the molecule is CCCCCC/C=C\CCCCCCCC(=O)OCCCCCCCCCCCCCCCCCCCCCCCCCCC(=O)NC(CO)C(O)CCCCCCCCCCCCCC.